The Morgan fingerprint density at radius 2 is 1.62 bits per heavy atom. The highest BCUT2D eigenvalue weighted by atomic mass is 16.6. The van der Waals surface area contributed by atoms with Crippen LogP contribution < -0.4 is 0 Å². The molecule has 0 aromatic carbocycles. The smallest absolute Gasteiger partial charge is 0.410 e. The summed E-state index contributed by atoms with van der Waals surface area (Å²) < 4.78 is 5.21. The quantitative estimate of drug-likeness (QED) is 0.652. The number of hydrogen-bond acceptors (Lipinski definition) is 3. The van der Waals surface area contributed by atoms with Crippen molar-refractivity contribution in [1.29, 1.82) is 0 Å². The van der Waals surface area contributed by atoms with Gasteiger partial charge in [-0.15, -0.1) is 0 Å². The standard InChI is InChI=1S/C16H31NO4/c1-6-7-8-9-10-11-12-13(14(18)19)17(5)15(20)21-16(2,3)4/h13H,6-12H2,1-5H3,(H,18,19)/t13-/m1/s1. The third-order valence-electron chi connectivity index (χ3n) is 3.27. The summed E-state index contributed by atoms with van der Waals surface area (Å²) in [6.45, 7) is 7.46. The molecule has 0 fully saturated rings. The van der Waals surface area contributed by atoms with Gasteiger partial charge in [-0.3, -0.25) is 4.90 Å². The molecule has 0 aliphatic carbocycles. The summed E-state index contributed by atoms with van der Waals surface area (Å²) in [7, 11) is 1.49. The van der Waals surface area contributed by atoms with Crippen molar-refractivity contribution in [3.63, 3.8) is 0 Å². The van der Waals surface area contributed by atoms with Crippen LogP contribution in [0.4, 0.5) is 4.79 Å². The van der Waals surface area contributed by atoms with E-state index in [0.29, 0.717) is 6.42 Å². The van der Waals surface area contributed by atoms with Crippen molar-refractivity contribution in [2.45, 2.75) is 84.3 Å². The van der Waals surface area contributed by atoms with Crippen molar-refractivity contribution in [2.24, 2.45) is 0 Å². The first kappa shape index (κ1) is 19.7. The molecule has 1 N–H and O–H groups in total. The van der Waals surface area contributed by atoms with Gasteiger partial charge in [0, 0.05) is 7.05 Å². The van der Waals surface area contributed by atoms with Gasteiger partial charge < -0.3 is 9.84 Å². The van der Waals surface area contributed by atoms with Gasteiger partial charge in [0.25, 0.3) is 0 Å². The molecule has 0 saturated heterocycles. The van der Waals surface area contributed by atoms with Gasteiger partial charge in [0.2, 0.25) is 0 Å². The zero-order valence-electron chi connectivity index (χ0n) is 14.1. The maximum atomic E-state index is 11.9. The molecule has 5 heteroatoms. The normalized spacial score (nSPS) is 12.8. The van der Waals surface area contributed by atoms with Crippen LogP contribution in [-0.2, 0) is 9.53 Å². The molecule has 0 aromatic heterocycles. The minimum atomic E-state index is -0.975. The number of aliphatic carboxylic acids is 1. The molecule has 21 heavy (non-hydrogen) atoms. The number of carboxylic acids is 1. The topological polar surface area (TPSA) is 66.8 Å². The zero-order chi connectivity index (χ0) is 16.5. The molecule has 0 heterocycles. The largest absolute Gasteiger partial charge is 0.480 e. The number of carboxylic acid groups (broad SMARTS) is 1. The average Bonchev–Trinajstić information content (AvgIpc) is 2.34. The van der Waals surface area contributed by atoms with Gasteiger partial charge in [0.1, 0.15) is 11.6 Å². The molecule has 0 aliphatic rings. The maximum absolute atomic E-state index is 11.9. The minimum absolute atomic E-state index is 0.469. The Balaban J connectivity index is 4.28. The van der Waals surface area contributed by atoms with E-state index in [1.165, 1.54) is 31.2 Å². The number of hydrogen-bond donors (Lipinski definition) is 1. The summed E-state index contributed by atoms with van der Waals surface area (Å²) in [5.41, 5.74) is -0.617. The van der Waals surface area contributed by atoms with Gasteiger partial charge in [-0.05, 0) is 27.2 Å². The summed E-state index contributed by atoms with van der Waals surface area (Å²) in [6.07, 6.45) is 6.43. The van der Waals surface area contributed by atoms with Crippen molar-refractivity contribution < 1.29 is 19.4 Å². The van der Waals surface area contributed by atoms with Gasteiger partial charge in [0.05, 0.1) is 0 Å². The summed E-state index contributed by atoms with van der Waals surface area (Å²) >= 11 is 0. The van der Waals surface area contributed by atoms with Gasteiger partial charge in [-0.2, -0.15) is 0 Å². The average molecular weight is 301 g/mol. The highest BCUT2D eigenvalue weighted by molar-refractivity contribution is 5.79. The molecule has 0 spiro atoms. The van der Waals surface area contributed by atoms with Crippen molar-refractivity contribution in [3.8, 4) is 0 Å². The molecule has 0 unspecified atom stereocenters. The summed E-state index contributed by atoms with van der Waals surface area (Å²) in [5.74, 6) is -0.975. The van der Waals surface area contributed by atoms with Crippen LogP contribution in [0.15, 0.2) is 0 Å². The second-order valence-electron chi connectivity index (χ2n) is 6.50. The molecule has 0 bridgehead atoms. The second-order valence-corrected chi connectivity index (χ2v) is 6.50. The van der Waals surface area contributed by atoms with E-state index >= 15 is 0 Å². The highest BCUT2D eigenvalue weighted by Gasteiger charge is 2.29. The Morgan fingerprint density at radius 1 is 1.10 bits per heavy atom. The first-order chi connectivity index (χ1) is 9.69. The van der Waals surface area contributed by atoms with E-state index < -0.39 is 23.7 Å². The molecule has 0 aliphatic heterocycles. The highest BCUT2D eigenvalue weighted by Crippen LogP contribution is 2.15. The maximum Gasteiger partial charge on any atom is 0.410 e. The van der Waals surface area contributed by atoms with Crippen LogP contribution in [0.25, 0.3) is 0 Å². The third kappa shape index (κ3) is 9.32. The molecular weight excluding hydrogens is 270 g/mol. The van der Waals surface area contributed by atoms with Crippen LogP contribution in [-0.4, -0.2) is 40.8 Å². The SMILES string of the molecule is CCCCCCCC[C@H](C(=O)O)N(C)C(=O)OC(C)(C)C. The number of amides is 1. The van der Waals surface area contributed by atoms with Crippen molar-refractivity contribution in [1.82, 2.24) is 4.90 Å². The number of nitrogens with zero attached hydrogens (tertiary/aromatic N) is 1. The third-order valence-corrected chi connectivity index (χ3v) is 3.27. The van der Waals surface area contributed by atoms with E-state index in [9.17, 15) is 14.7 Å². The molecule has 1 amide bonds. The van der Waals surface area contributed by atoms with E-state index in [2.05, 4.69) is 6.92 Å². The van der Waals surface area contributed by atoms with Gasteiger partial charge >= 0.3 is 12.1 Å². The predicted molar refractivity (Wildman–Crippen MR) is 83.4 cm³/mol. The van der Waals surface area contributed by atoms with Crippen LogP contribution >= 0.6 is 0 Å². The summed E-state index contributed by atoms with van der Waals surface area (Å²) in [5, 5.41) is 9.28. The van der Waals surface area contributed by atoms with Crippen LogP contribution in [0.2, 0.25) is 0 Å². The number of carbonyl (C=O) groups is 2. The minimum Gasteiger partial charge on any atom is -0.480 e. The summed E-state index contributed by atoms with van der Waals surface area (Å²) in [6, 6.07) is -0.814. The van der Waals surface area contributed by atoms with Crippen molar-refractivity contribution in [3.05, 3.63) is 0 Å². The van der Waals surface area contributed by atoms with E-state index in [-0.39, 0.29) is 0 Å². The number of rotatable bonds is 9. The van der Waals surface area contributed by atoms with Gasteiger partial charge in [0.15, 0.2) is 0 Å². The Labute approximate surface area is 128 Å². The molecule has 0 rings (SSSR count). The summed E-state index contributed by atoms with van der Waals surface area (Å²) in [4.78, 5) is 24.4. The van der Waals surface area contributed by atoms with Gasteiger partial charge in [-0.25, -0.2) is 9.59 Å². The molecule has 0 aromatic rings. The van der Waals surface area contributed by atoms with Crippen molar-refractivity contribution >= 4 is 12.1 Å². The van der Waals surface area contributed by atoms with E-state index in [0.717, 1.165) is 19.3 Å². The van der Waals surface area contributed by atoms with Gasteiger partial charge in [-0.1, -0.05) is 45.4 Å². The molecule has 0 saturated carbocycles. The fraction of sp³-hybridized carbons (Fsp3) is 0.875. The van der Waals surface area contributed by atoms with E-state index in [1.54, 1.807) is 20.8 Å². The van der Waals surface area contributed by atoms with Crippen LogP contribution in [0.5, 0.6) is 0 Å². The Hall–Kier alpha value is -1.26. The van der Waals surface area contributed by atoms with E-state index in [4.69, 9.17) is 4.74 Å². The molecule has 0 radical (unpaired) electrons. The first-order valence-electron chi connectivity index (χ1n) is 7.87. The van der Waals surface area contributed by atoms with Crippen LogP contribution in [0.1, 0.15) is 72.6 Å². The molecule has 1 atom stereocenters. The first-order valence-corrected chi connectivity index (χ1v) is 7.87. The lowest BCUT2D eigenvalue weighted by Gasteiger charge is -2.28. The van der Waals surface area contributed by atoms with Crippen LogP contribution in [0.3, 0.4) is 0 Å². The second kappa shape index (κ2) is 9.64. The monoisotopic (exact) mass is 301 g/mol. The predicted octanol–water partition coefficient (Wildman–Crippen LogP) is 4.06. The molecule has 124 valence electrons. The lowest BCUT2D eigenvalue weighted by molar-refractivity contribution is -0.143. The number of ether oxygens (including phenoxy) is 1. The Kier molecular flexibility index (Phi) is 9.06. The lowest BCUT2D eigenvalue weighted by Crippen LogP contribution is -2.44. The molecule has 5 nitrogen and oxygen atoms in total. The van der Waals surface area contributed by atoms with E-state index in [1.807, 2.05) is 0 Å². The fourth-order valence-corrected chi connectivity index (χ4v) is 2.06. The number of unbranched alkanes of at least 4 members (excludes halogenated alkanes) is 5. The fourth-order valence-electron chi connectivity index (χ4n) is 2.06. The van der Waals surface area contributed by atoms with Crippen LogP contribution in [0, 0.1) is 0 Å². The Bertz CT molecular complexity index is 323. The number of carbonyl (C=O) groups excluding carboxylic acids is 1. The Morgan fingerprint density at radius 3 is 2.10 bits per heavy atom. The zero-order valence-corrected chi connectivity index (χ0v) is 14.1. The number of likely N-dealkylation sites (N-methyl/N-ethyl adjacent to an activating group) is 1. The lowest BCUT2D eigenvalue weighted by atomic mass is 10.1. The molecular formula is C16H31NO4. The van der Waals surface area contributed by atoms with Crippen molar-refractivity contribution in [2.75, 3.05) is 7.05 Å².